The van der Waals surface area contributed by atoms with Crippen molar-refractivity contribution in [3.63, 3.8) is 0 Å². The standard InChI is InChI=1S/C28H29N5O4/c1-32-16-20(15-29-32)25-6-2-4-21(30-25)17-36-22-7-8-24-19(14-22)11-12-33-26(24)9-10-27(31-28(33)34)37-18-23-5-3-13-35-23/h2,4,6-9,14-16,23H,3,5,10-13,17-18H2,1H3. The zero-order valence-corrected chi connectivity index (χ0v) is 20.8. The second-order valence-corrected chi connectivity index (χ2v) is 9.45. The van der Waals surface area contributed by atoms with Crippen molar-refractivity contribution >= 4 is 17.6 Å². The Hall–Kier alpha value is -3.98. The third kappa shape index (κ3) is 5.13. The molecule has 9 heteroatoms. The van der Waals surface area contributed by atoms with Crippen LogP contribution in [0.25, 0.3) is 17.0 Å². The number of rotatable bonds is 6. The molecule has 0 N–H and O–H groups in total. The molecule has 0 spiro atoms. The van der Waals surface area contributed by atoms with Gasteiger partial charge in [-0.15, -0.1) is 0 Å². The minimum absolute atomic E-state index is 0.0865. The topological polar surface area (TPSA) is 91.1 Å². The van der Waals surface area contributed by atoms with Crippen molar-refractivity contribution in [1.82, 2.24) is 19.7 Å². The van der Waals surface area contributed by atoms with Crippen LogP contribution in [0.3, 0.4) is 0 Å². The normalized spacial score (nSPS) is 19.0. The highest BCUT2D eigenvalue weighted by atomic mass is 16.5. The molecule has 190 valence electrons. The molecule has 1 saturated heterocycles. The summed E-state index contributed by atoms with van der Waals surface area (Å²) >= 11 is 0. The van der Waals surface area contributed by atoms with Gasteiger partial charge in [-0.3, -0.25) is 9.58 Å². The van der Waals surface area contributed by atoms with Crippen molar-refractivity contribution < 1.29 is 19.0 Å². The molecule has 2 aromatic heterocycles. The molecule has 0 bridgehead atoms. The van der Waals surface area contributed by atoms with E-state index in [1.807, 2.05) is 49.7 Å². The van der Waals surface area contributed by atoms with Crippen molar-refractivity contribution in [3.05, 3.63) is 71.7 Å². The number of aryl methyl sites for hydroxylation is 1. The fourth-order valence-electron chi connectivity index (χ4n) is 4.92. The fraction of sp³-hybridized carbons (Fsp3) is 0.357. The maximum atomic E-state index is 12.9. The predicted molar refractivity (Wildman–Crippen MR) is 138 cm³/mol. The summed E-state index contributed by atoms with van der Waals surface area (Å²) in [7, 11) is 1.89. The molecule has 0 radical (unpaired) electrons. The second kappa shape index (κ2) is 10.2. The molecule has 3 aliphatic heterocycles. The summed E-state index contributed by atoms with van der Waals surface area (Å²) in [5, 5.41) is 4.22. The fourth-order valence-corrected chi connectivity index (χ4v) is 4.92. The first-order chi connectivity index (χ1) is 18.1. The maximum Gasteiger partial charge on any atom is 0.351 e. The average molecular weight is 500 g/mol. The third-order valence-corrected chi connectivity index (χ3v) is 6.82. The summed E-state index contributed by atoms with van der Waals surface area (Å²) in [5.41, 5.74) is 5.73. The molecule has 2 amide bonds. The number of carbonyl (C=O) groups is 1. The summed E-state index contributed by atoms with van der Waals surface area (Å²) < 4.78 is 19.3. The molecule has 3 aromatic rings. The van der Waals surface area contributed by atoms with Gasteiger partial charge in [0.05, 0.1) is 23.7 Å². The van der Waals surface area contributed by atoms with Gasteiger partial charge in [-0.1, -0.05) is 12.1 Å². The van der Waals surface area contributed by atoms with Crippen LogP contribution in [0.1, 0.15) is 36.1 Å². The van der Waals surface area contributed by atoms with E-state index < -0.39 is 0 Å². The lowest BCUT2D eigenvalue weighted by molar-refractivity contribution is 0.0630. The molecule has 6 rings (SSSR count). The summed E-state index contributed by atoms with van der Waals surface area (Å²) in [6.45, 7) is 2.14. The SMILES string of the molecule is Cn1cc(-c2cccc(COc3ccc4c(c3)CCN3C(=O)N=C(OCC5CCCO5)CC=C43)n2)cn1. The van der Waals surface area contributed by atoms with Crippen LogP contribution in [-0.2, 0) is 29.5 Å². The first-order valence-corrected chi connectivity index (χ1v) is 12.7. The van der Waals surface area contributed by atoms with E-state index in [0.717, 1.165) is 65.4 Å². The van der Waals surface area contributed by atoms with E-state index in [1.54, 1.807) is 15.8 Å². The van der Waals surface area contributed by atoms with E-state index in [9.17, 15) is 4.79 Å². The largest absolute Gasteiger partial charge is 0.487 e. The van der Waals surface area contributed by atoms with Gasteiger partial charge in [0.2, 0.25) is 0 Å². The van der Waals surface area contributed by atoms with Gasteiger partial charge in [-0.25, -0.2) is 9.78 Å². The lowest BCUT2D eigenvalue weighted by Crippen LogP contribution is -2.32. The molecule has 0 saturated carbocycles. The first kappa shape index (κ1) is 23.4. The molecular formula is C28H29N5O4. The Morgan fingerprint density at radius 3 is 2.97 bits per heavy atom. The van der Waals surface area contributed by atoms with Crippen LogP contribution in [0.15, 0.2) is 59.9 Å². The number of hydrogen-bond acceptors (Lipinski definition) is 6. The number of aromatic nitrogens is 3. The van der Waals surface area contributed by atoms with E-state index in [1.165, 1.54) is 0 Å². The third-order valence-electron chi connectivity index (χ3n) is 6.82. The number of ether oxygens (including phenoxy) is 3. The molecule has 1 aromatic carbocycles. The number of nitrogens with zero attached hydrogens (tertiary/aromatic N) is 5. The van der Waals surface area contributed by atoms with Gasteiger partial charge in [0.15, 0.2) is 5.90 Å². The van der Waals surface area contributed by atoms with Gasteiger partial charge in [-0.2, -0.15) is 10.1 Å². The van der Waals surface area contributed by atoms with Gasteiger partial charge in [0, 0.05) is 49.6 Å². The number of hydrogen-bond donors (Lipinski definition) is 0. The van der Waals surface area contributed by atoms with E-state index in [2.05, 4.69) is 16.2 Å². The quantitative estimate of drug-likeness (QED) is 0.500. The van der Waals surface area contributed by atoms with Gasteiger partial charge >= 0.3 is 6.03 Å². The molecule has 3 aliphatic rings. The van der Waals surface area contributed by atoms with E-state index in [-0.39, 0.29) is 12.1 Å². The molecule has 5 heterocycles. The van der Waals surface area contributed by atoms with Gasteiger partial charge in [0.25, 0.3) is 0 Å². The van der Waals surface area contributed by atoms with Crippen molar-refractivity contribution in [2.45, 2.75) is 38.4 Å². The van der Waals surface area contributed by atoms with Crippen LogP contribution in [0.2, 0.25) is 0 Å². The number of amides is 2. The number of aliphatic imine (C=N–C) groups is 1. The van der Waals surface area contributed by atoms with Crippen molar-refractivity contribution in [1.29, 1.82) is 0 Å². The van der Waals surface area contributed by atoms with E-state index in [0.29, 0.717) is 32.1 Å². The van der Waals surface area contributed by atoms with E-state index >= 15 is 0 Å². The lowest BCUT2D eigenvalue weighted by Gasteiger charge is -2.29. The van der Waals surface area contributed by atoms with Crippen LogP contribution < -0.4 is 4.74 Å². The minimum atomic E-state index is -0.281. The smallest absolute Gasteiger partial charge is 0.351 e. The van der Waals surface area contributed by atoms with Crippen molar-refractivity contribution in [3.8, 4) is 17.0 Å². The van der Waals surface area contributed by atoms with Crippen LogP contribution >= 0.6 is 0 Å². The number of urea groups is 1. The first-order valence-electron chi connectivity index (χ1n) is 12.7. The predicted octanol–water partition coefficient (Wildman–Crippen LogP) is 4.38. The summed E-state index contributed by atoms with van der Waals surface area (Å²) in [4.78, 5) is 23.6. The van der Waals surface area contributed by atoms with Crippen LogP contribution in [0.5, 0.6) is 5.75 Å². The molecule has 1 fully saturated rings. The average Bonchev–Trinajstić information content (AvgIpc) is 3.57. The zero-order chi connectivity index (χ0) is 25.2. The van der Waals surface area contributed by atoms with Gasteiger partial charge in [0.1, 0.15) is 19.0 Å². The monoisotopic (exact) mass is 499 g/mol. The Kier molecular flexibility index (Phi) is 6.44. The van der Waals surface area contributed by atoms with Crippen molar-refractivity contribution in [2.24, 2.45) is 12.0 Å². The lowest BCUT2D eigenvalue weighted by atomic mass is 9.96. The van der Waals surface area contributed by atoms with E-state index in [4.69, 9.17) is 19.2 Å². The van der Waals surface area contributed by atoms with Crippen LogP contribution in [-0.4, -0.2) is 57.5 Å². The number of pyridine rings is 1. The van der Waals surface area contributed by atoms with Crippen LogP contribution in [0, 0.1) is 0 Å². The summed E-state index contributed by atoms with van der Waals surface area (Å²) in [6.07, 6.45) is 9.10. The minimum Gasteiger partial charge on any atom is -0.487 e. The maximum absolute atomic E-state index is 12.9. The highest BCUT2D eigenvalue weighted by Crippen LogP contribution is 2.33. The Balaban J connectivity index is 1.13. The number of fused-ring (bicyclic) bond motifs is 3. The number of carbonyl (C=O) groups excluding carboxylic acids is 1. The Morgan fingerprint density at radius 2 is 2.14 bits per heavy atom. The van der Waals surface area contributed by atoms with Gasteiger partial charge < -0.3 is 14.2 Å². The van der Waals surface area contributed by atoms with Gasteiger partial charge in [-0.05, 0) is 55.2 Å². The molecule has 1 unspecified atom stereocenters. The molecule has 0 aliphatic carbocycles. The van der Waals surface area contributed by atoms with Crippen molar-refractivity contribution in [2.75, 3.05) is 19.8 Å². The van der Waals surface area contributed by atoms with Crippen LogP contribution in [0.4, 0.5) is 4.79 Å². The molecular weight excluding hydrogens is 470 g/mol. The molecule has 9 nitrogen and oxygen atoms in total. The summed E-state index contributed by atoms with van der Waals surface area (Å²) in [5.74, 6) is 1.23. The molecule has 37 heavy (non-hydrogen) atoms. The molecule has 1 atom stereocenters. The Morgan fingerprint density at radius 1 is 1.19 bits per heavy atom. The highest BCUT2D eigenvalue weighted by Gasteiger charge is 2.29. The summed E-state index contributed by atoms with van der Waals surface area (Å²) in [6, 6.07) is 11.6. The number of benzene rings is 1. The second-order valence-electron chi connectivity index (χ2n) is 9.45. The Bertz CT molecular complexity index is 1370. The Labute approximate surface area is 215 Å². The zero-order valence-electron chi connectivity index (χ0n) is 20.8. The highest BCUT2D eigenvalue weighted by molar-refractivity contribution is 5.98.